The van der Waals surface area contributed by atoms with Crippen molar-refractivity contribution in [1.29, 1.82) is 0 Å². The molecule has 1 heterocycles. The first-order chi connectivity index (χ1) is 11.0. The zero-order valence-corrected chi connectivity index (χ0v) is 13.2. The predicted octanol–water partition coefficient (Wildman–Crippen LogP) is 3.71. The summed E-state index contributed by atoms with van der Waals surface area (Å²) in [4.78, 5) is 16.8. The number of hydrogen-bond donors (Lipinski definition) is 1. The van der Waals surface area contributed by atoms with Crippen molar-refractivity contribution < 1.29 is 23.0 Å². The molecule has 5 nitrogen and oxygen atoms in total. The molecule has 1 N–H and O–H groups in total. The highest BCUT2D eigenvalue weighted by molar-refractivity contribution is 7.15. The van der Waals surface area contributed by atoms with E-state index in [1.54, 1.807) is 6.20 Å². The summed E-state index contributed by atoms with van der Waals surface area (Å²) >= 11 is 1.37. The molecule has 0 bridgehead atoms. The average Bonchev–Trinajstić information content (AvgIpc) is 2.90. The summed E-state index contributed by atoms with van der Waals surface area (Å²) in [7, 11) is 1.35. The third-order valence-corrected chi connectivity index (χ3v) is 3.51. The number of alkyl halides is 2. The summed E-state index contributed by atoms with van der Waals surface area (Å²) in [5, 5.41) is 3.14. The number of carbonyl (C=O) groups is 1. The first-order valence-electron chi connectivity index (χ1n) is 6.52. The number of amides is 1. The van der Waals surface area contributed by atoms with Gasteiger partial charge in [0.15, 0.2) is 16.6 Å². The van der Waals surface area contributed by atoms with Crippen LogP contribution in [0.5, 0.6) is 11.5 Å². The highest BCUT2D eigenvalue weighted by Crippen LogP contribution is 2.29. The predicted molar refractivity (Wildman–Crippen MR) is 84.1 cm³/mol. The van der Waals surface area contributed by atoms with E-state index >= 15 is 0 Å². The lowest BCUT2D eigenvalue weighted by atomic mass is 10.2. The second-order valence-electron chi connectivity index (χ2n) is 4.39. The molecule has 0 radical (unpaired) electrons. The van der Waals surface area contributed by atoms with E-state index in [2.05, 4.69) is 15.0 Å². The number of aryl methyl sites for hydroxylation is 1. The van der Waals surface area contributed by atoms with Crippen molar-refractivity contribution in [3.8, 4) is 11.5 Å². The Morgan fingerprint density at radius 2 is 2.17 bits per heavy atom. The summed E-state index contributed by atoms with van der Waals surface area (Å²) in [6.45, 7) is -1.05. The number of thiazole rings is 1. The van der Waals surface area contributed by atoms with Gasteiger partial charge in [-0.1, -0.05) is 6.07 Å². The number of benzene rings is 1. The molecule has 1 aromatic carbocycles. The lowest BCUT2D eigenvalue weighted by Gasteiger charge is -2.10. The summed E-state index contributed by atoms with van der Waals surface area (Å²) in [6, 6.07) is 4.39. The highest BCUT2D eigenvalue weighted by Gasteiger charge is 2.10. The fourth-order valence-corrected chi connectivity index (χ4v) is 2.38. The SMILES string of the molecule is COc1cc(C=CC(=O)Nc2ncc(C)s2)ccc1OC(F)F. The number of rotatable bonds is 6. The number of aromatic nitrogens is 1. The smallest absolute Gasteiger partial charge is 0.387 e. The van der Waals surface area contributed by atoms with E-state index in [0.717, 1.165) is 4.88 Å². The van der Waals surface area contributed by atoms with Gasteiger partial charge in [-0.25, -0.2) is 4.98 Å². The van der Waals surface area contributed by atoms with Crippen LogP contribution in [-0.4, -0.2) is 24.6 Å². The Labute approximate surface area is 135 Å². The van der Waals surface area contributed by atoms with Crippen LogP contribution < -0.4 is 14.8 Å². The van der Waals surface area contributed by atoms with E-state index < -0.39 is 6.61 Å². The van der Waals surface area contributed by atoms with Crippen molar-refractivity contribution in [1.82, 2.24) is 4.98 Å². The van der Waals surface area contributed by atoms with Crippen LogP contribution in [0, 0.1) is 6.92 Å². The molecule has 0 fully saturated rings. The first kappa shape index (κ1) is 16.9. The fraction of sp³-hybridized carbons (Fsp3) is 0.200. The van der Waals surface area contributed by atoms with Gasteiger partial charge in [0.05, 0.1) is 7.11 Å². The zero-order chi connectivity index (χ0) is 16.8. The number of halogens is 2. The van der Waals surface area contributed by atoms with Crippen molar-refractivity contribution in [2.45, 2.75) is 13.5 Å². The Morgan fingerprint density at radius 3 is 2.78 bits per heavy atom. The Balaban J connectivity index is 2.05. The van der Waals surface area contributed by atoms with Crippen molar-refractivity contribution >= 4 is 28.5 Å². The molecule has 23 heavy (non-hydrogen) atoms. The van der Waals surface area contributed by atoms with Crippen LogP contribution in [0.25, 0.3) is 6.08 Å². The van der Waals surface area contributed by atoms with Gasteiger partial charge >= 0.3 is 6.61 Å². The largest absolute Gasteiger partial charge is 0.493 e. The number of methoxy groups -OCH3 is 1. The maximum atomic E-state index is 12.3. The topological polar surface area (TPSA) is 60.5 Å². The molecule has 122 valence electrons. The van der Waals surface area contributed by atoms with Gasteiger partial charge in [0.2, 0.25) is 5.91 Å². The molecule has 0 aliphatic carbocycles. The van der Waals surface area contributed by atoms with Crippen LogP contribution in [0.3, 0.4) is 0 Å². The zero-order valence-electron chi connectivity index (χ0n) is 12.4. The summed E-state index contributed by atoms with van der Waals surface area (Å²) in [5.41, 5.74) is 0.605. The monoisotopic (exact) mass is 340 g/mol. The molecule has 0 saturated carbocycles. The Bertz CT molecular complexity index is 716. The van der Waals surface area contributed by atoms with Crippen LogP contribution in [0.1, 0.15) is 10.4 Å². The molecule has 8 heteroatoms. The molecule has 0 atom stereocenters. The molecule has 2 aromatic rings. The van der Waals surface area contributed by atoms with Crippen LogP contribution in [0.2, 0.25) is 0 Å². The Morgan fingerprint density at radius 1 is 1.39 bits per heavy atom. The van der Waals surface area contributed by atoms with Crippen LogP contribution in [-0.2, 0) is 4.79 Å². The number of carbonyl (C=O) groups excluding carboxylic acids is 1. The van der Waals surface area contributed by atoms with E-state index in [-0.39, 0.29) is 17.4 Å². The first-order valence-corrected chi connectivity index (χ1v) is 7.34. The third kappa shape index (κ3) is 5.03. The lowest BCUT2D eigenvalue weighted by Crippen LogP contribution is -2.07. The van der Waals surface area contributed by atoms with E-state index in [1.807, 2.05) is 6.92 Å². The summed E-state index contributed by atoms with van der Waals surface area (Å²) in [6.07, 6.45) is 4.51. The number of hydrogen-bond acceptors (Lipinski definition) is 5. The maximum Gasteiger partial charge on any atom is 0.387 e. The van der Waals surface area contributed by atoms with Gasteiger partial charge in [0, 0.05) is 17.2 Å². The summed E-state index contributed by atoms with van der Waals surface area (Å²) < 4.78 is 33.8. The molecule has 0 spiro atoms. The van der Waals surface area contributed by atoms with Gasteiger partial charge in [-0.2, -0.15) is 8.78 Å². The second-order valence-corrected chi connectivity index (χ2v) is 5.62. The molecule has 0 aliphatic rings. The number of nitrogens with zero attached hydrogens (tertiary/aromatic N) is 1. The molecule has 1 aromatic heterocycles. The fourth-order valence-electron chi connectivity index (χ4n) is 1.71. The number of anilines is 1. The minimum absolute atomic E-state index is 0.0673. The van der Waals surface area contributed by atoms with E-state index in [1.165, 1.54) is 48.8 Å². The number of nitrogens with one attached hydrogen (secondary N) is 1. The third-order valence-electron chi connectivity index (χ3n) is 2.68. The van der Waals surface area contributed by atoms with Gasteiger partial charge < -0.3 is 9.47 Å². The Hall–Kier alpha value is -2.48. The average molecular weight is 340 g/mol. The maximum absolute atomic E-state index is 12.3. The molecule has 0 saturated heterocycles. The van der Waals surface area contributed by atoms with Crippen LogP contribution in [0.15, 0.2) is 30.5 Å². The minimum Gasteiger partial charge on any atom is -0.493 e. The van der Waals surface area contributed by atoms with Gasteiger partial charge in [-0.3, -0.25) is 10.1 Å². The molecular formula is C15H14F2N2O3S. The van der Waals surface area contributed by atoms with Crippen molar-refractivity contribution in [2.75, 3.05) is 12.4 Å². The summed E-state index contributed by atoms with van der Waals surface area (Å²) in [5.74, 6) is -0.253. The minimum atomic E-state index is -2.93. The second kappa shape index (κ2) is 7.68. The molecular weight excluding hydrogens is 326 g/mol. The normalized spacial score (nSPS) is 11.0. The quantitative estimate of drug-likeness (QED) is 0.814. The molecule has 1 amide bonds. The number of ether oxygens (including phenoxy) is 2. The van der Waals surface area contributed by atoms with Crippen molar-refractivity contribution in [2.24, 2.45) is 0 Å². The van der Waals surface area contributed by atoms with Crippen molar-refractivity contribution in [3.05, 3.63) is 40.9 Å². The molecule has 2 rings (SSSR count). The van der Waals surface area contributed by atoms with E-state index in [9.17, 15) is 13.6 Å². The van der Waals surface area contributed by atoms with E-state index in [4.69, 9.17) is 4.74 Å². The Kier molecular flexibility index (Phi) is 5.64. The van der Waals surface area contributed by atoms with Gasteiger partial charge in [-0.15, -0.1) is 11.3 Å². The molecule has 0 unspecified atom stereocenters. The van der Waals surface area contributed by atoms with Gasteiger partial charge in [0.25, 0.3) is 0 Å². The van der Waals surface area contributed by atoms with Gasteiger partial charge in [0.1, 0.15) is 0 Å². The van der Waals surface area contributed by atoms with Crippen LogP contribution >= 0.6 is 11.3 Å². The molecule has 0 aliphatic heterocycles. The lowest BCUT2D eigenvalue weighted by molar-refractivity contribution is -0.111. The highest BCUT2D eigenvalue weighted by atomic mass is 32.1. The standard InChI is InChI=1S/C15H14F2N2O3S/c1-9-8-18-15(23-9)19-13(20)6-4-10-3-5-11(22-14(16)17)12(7-10)21-2/h3-8,14H,1-2H3,(H,18,19,20). The van der Waals surface area contributed by atoms with E-state index in [0.29, 0.717) is 10.7 Å². The van der Waals surface area contributed by atoms with Crippen molar-refractivity contribution in [3.63, 3.8) is 0 Å². The van der Waals surface area contributed by atoms with Crippen LogP contribution in [0.4, 0.5) is 13.9 Å². The van der Waals surface area contributed by atoms with Gasteiger partial charge in [-0.05, 0) is 30.7 Å².